The Balaban J connectivity index is 2.05. The standard InChI is InChI=1S/C23H33N5O5/c1-12(2)19(22(32)26-11-18(29)30)28-23(33)20(13(3)4)27-21(31)16(24)9-14-10-25-17-8-6-5-7-15(14)17/h5-8,10,12-13,16,19-20,25H,9,11,24H2,1-4H3,(H,26,32)(H,27,31)(H,28,33)(H,29,30). The number of H-pyrrole nitrogens is 1. The summed E-state index contributed by atoms with van der Waals surface area (Å²) < 4.78 is 0. The highest BCUT2D eigenvalue weighted by molar-refractivity contribution is 5.94. The molecule has 2 aromatic rings. The monoisotopic (exact) mass is 459 g/mol. The van der Waals surface area contributed by atoms with Crippen LogP contribution < -0.4 is 21.7 Å². The summed E-state index contributed by atoms with van der Waals surface area (Å²) in [6.45, 7) is 6.44. The Kier molecular flexibility index (Phi) is 8.98. The van der Waals surface area contributed by atoms with Crippen LogP contribution in [0.3, 0.4) is 0 Å². The minimum Gasteiger partial charge on any atom is -0.480 e. The number of carboxylic acid groups (broad SMARTS) is 1. The quantitative estimate of drug-likeness (QED) is 0.286. The number of hydrogen-bond acceptors (Lipinski definition) is 5. The van der Waals surface area contributed by atoms with E-state index < -0.39 is 48.4 Å². The summed E-state index contributed by atoms with van der Waals surface area (Å²) in [5, 5.41) is 17.3. The van der Waals surface area contributed by atoms with E-state index in [9.17, 15) is 19.2 Å². The van der Waals surface area contributed by atoms with Gasteiger partial charge in [-0.1, -0.05) is 45.9 Å². The molecule has 10 heteroatoms. The van der Waals surface area contributed by atoms with Gasteiger partial charge in [0.05, 0.1) is 6.04 Å². The number of aromatic amines is 1. The van der Waals surface area contributed by atoms with E-state index in [1.54, 1.807) is 27.7 Å². The molecule has 0 spiro atoms. The highest BCUT2D eigenvalue weighted by Gasteiger charge is 2.31. The predicted octanol–water partition coefficient (Wildman–Crippen LogP) is 0.520. The van der Waals surface area contributed by atoms with Crippen molar-refractivity contribution in [3.63, 3.8) is 0 Å². The summed E-state index contributed by atoms with van der Waals surface area (Å²) >= 11 is 0. The van der Waals surface area contributed by atoms with Gasteiger partial charge in [0, 0.05) is 17.1 Å². The molecule has 0 radical (unpaired) electrons. The highest BCUT2D eigenvalue weighted by Crippen LogP contribution is 2.19. The van der Waals surface area contributed by atoms with E-state index >= 15 is 0 Å². The Bertz CT molecular complexity index is 1000. The topological polar surface area (TPSA) is 166 Å². The largest absolute Gasteiger partial charge is 0.480 e. The molecule has 1 aromatic carbocycles. The third-order valence-electron chi connectivity index (χ3n) is 5.36. The van der Waals surface area contributed by atoms with Crippen molar-refractivity contribution in [1.29, 1.82) is 0 Å². The van der Waals surface area contributed by atoms with Gasteiger partial charge in [-0.05, 0) is 29.9 Å². The first-order valence-corrected chi connectivity index (χ1v) is 10.9. The van der Waals surface area contributed by atoms with E-state index in [2.05, 4.69) is 20.9 Å². The fourth-order valence-corrected chi connectivity index (χ4v) is 3.48. The zero-order valence-corrected chi connectivity index (χ0v) is 19.3. The number of nitrogens with two attached hydrogens (primary N) is 1. The van der Waals surface area contributed by atoms with Crippen molar-refractivity contribution in [2.45, 2.75) is 52.2 Å². The summed E-state index contributed by atoms with van der Waals surface area (Å²) in [5.74, 6) is -3.38. The number of nitrogens with one attached hydrogen (secondary N) is 4. The molecule has 10 nitrogen and oxygen atoms in total. The minimum atomic E-state index is -1.19. The van der Waals surface area contributed by atoms with Gasteiger partial charge in [0.1, 0.15) is 18.6 Å². The number of para-hydroxylation sites is 1. The molecule has 33 heavy (non-hydrogen) atoms. The van der Waals surface area contributed by atoms with Crippen LogP contribution in [0.2, 0.25) is 0 Å². The number of rotatable bonds is 11. The zero-order valence-electron chi connectivity index (χ0n) is 19.3. The van der Waals surface area contributed by atoms with E-state index in [0.717, 1.165) is 16.5 Å². The van der Waals surface area contributed by atoms with Gasteiger partial charge >= 0.3 is 5.97 Å². The Morgan fingerprint density at radius 3 is 2.12 bits per heavy atom. The number of hydrogen-bond donors (Lipinski definition) is 6. The van der Waals surface area contributed by atoms with Crippen LogP contribution in [0.15, 0.2) is 30.5 Å². The summed E-state index contributed by atoms with van der Waals surface area (Å²) in [4.78, 5) is 51.9. The Labute approximate surface area is 192 Å². The fraction of sp³-hybridized carbons (Fsp3) is 0.478. The lowest BCUT2D eigenvalue weighted by molar-refractivity contribution is -0.139. The fourth-order valence-electron chi connectivity index (χ4n) is 3.48. The molecule has 2 rings (SSSR count). The zero-order chi connectivity index (χ0) is 24.7. The normalized spacial score (nSPS) is 14.0. The van der Waals surface area contributed by atoms with Crippen LogP contribution in [0.1, 0.15) is 33.3 Å². The van der Waals surface area contributed by atoms with Gasteiger partial charge in [0.25, 0.3) is 0 Å². The van der Waals surface area contributed by atoms with Gasteiger partial charge in [-0.25, -0.2) is 0 Å². The maximum absolute atomic E-state index is 12.9. The van der Waals surface area contributed by atoms with Crippen molar-refractivity contribution >= 4 is 34.6 Å². The number of benzene rings is 1. The molecule has 7 N–H and O–H groups in total. The lowest BCUT2D eigenvalue weighted by Gasteiger charge is -2.27. The van der Waals surface area contributed by atoms with E-state index in [-0.39, 0.29) is 18.3 Å². The van der Waals surface area contributed by atoms with E-state index in [0.29, 0.717) is 0 Å². The summed E-state index contributed by atoms with van der Waals surface area (Å²) in [6, 6.07) is 4.95. The van der Waals surface area contributed by atoms with Crippen LogP contribution in [-0.2, 0) is 25.6 Å². The molecule has 1 heterocycles. The molecule has 0 aliphatic carbocycles. The van der Waals surface area contributed by atoms with Gasteiger partial charge in [0.15, 0.2) is 0 Å². The second-order valence-corrected chi connectivity index (χ2v) is 8.74. The second kappa shape index (κ2) is 11.5. The Morgan fingerprint density at radius 2 is 1.52 bits per heavy atom. The number of carbonyl (C=O) groups excluding carboxylic acids is 3. The van der Waals surface area contributed by atoms with Crippen molar-refractivity contribution < 1.29 is 24.3 Å². The molecular weight excluding hydrogens is 426 g/mol. The lowest BCUT2D eigenvalue weighted by Crippen LogP contribution is -2.58. The molecule has 0 aliphatic rings. The van der Waals surface area contributed by atoms with Crippen LogP contribution in [0, 0.1) is 11.8 Å². The number of aliphatic carboxylic acids is 1. The van der Waals surface area contributed by atoms with Crippen molar-refractivity contribution in [2.24, 2.45) is 17.6 Å². The molecule has 0 aliphatic heterocycles. The van der Waals surface area contributed by atoms with Gasteiger partial charge in [0.2, 0.25) is 17.7 Å². The molecule has 3 amide bonds. The number of carboxylic acids is 1. The van der Waals surface area contributed by atoms with Gasteiger partial charge in [-0.15, -0.1) is 0 Å². The van der Waals surface area contributed by atoms with Crippen molar-refractivity contribution in [1.82, 2.24) is 20.9 Å². The number of fused-ring (bicyclic) bond motifs is 1. The van der Waals surface area contributed by atoms with E-state index in [1.807, 2.05) is 30.5 Å². The van der Waals surface area contributed by atoms with Gasteiger partial charge in [-0.3, -0.25) is 19.2 Å². The van der Waals surface area contributed by atoms with E-state index in [1.165, 1.54) is 0 Å². The molecule has 1 aromatic heterocycles. The second-order valence-electron chi connectivity index (χ2n) is 8.74. The van der Waals surface area contributed by atoms with Crippen LogP contribution in [-0.4, -0.2) is 58.5 Å². The molecule has 0 saturated carbocycles. The minimum absolute atomic E-state index is 0.274. The highest BCUT2D eigenvalue weighted by atomic mass is 16.4. The first-order chi connectivity index (χ1) is 15.5. The summed E-state index contributed by atoms with van der Waals surface area (Å²) in [5.41, 5.74) is 7.98. The molecule has 0 fully saturated rings. The van der Waals surface area contributed by atoms with Crippen LogP contribution in [0.5, 0.6) is 0 Å². The maximum Gasteiger partial charge on any atom is 0.322 e. The van der Waals surface area contributed by atoms with Crippen LogP contribution in [0.4, 0.5) is 0 Å². The van der Waals surface area contributed by atoms with Crippen molar-refractivity contribution in [3.05, 3.63) is 36.0 Å². The third-order valence-corrected chi connectivity index (χ3v) is 5.36. The third kappa shape index (κ3) is 7.04. The number of amides is 3. The lowest BCUT2D eigenvalue weighted by atomic mass is 9.98. The van der Waals surface area contributed by atoms with Crippen molar-refractivity contribution in [3.8, 4) is 0 Å². The SMILES string of the molecule is CC(C)C(NC(=O)C(N)Cc1c[nH]c2ccccc12)C(=O)NC(C(=O)NCC(=O)O)C(C)C. The van der Waals surface area contributed by atoms with Crippen LogP contribution >= 0.6 is 0 Å². The van der Waals surface area contributed by atoms with Crippen LogP contribution in [0.25, 0.3) is 10.9 Å². The summed E-state index contributed by atoms with van der Waals surface area (Å²) in [6.07, 6.45) is 2.10. The van der Waals surface area contributed by atoms with E-state index in [4.69, 9.17) is 10.8 Å². The molecular formula is C23H33N5O5. The average Bonchev–Trinajstić information content (AvgIpc) is 3.16. The molecule has 180 valence electrons. The smallest absolute Gasteiger partial charge is 0.322 e. The Morgan fingerprint density at radius 1 is 0.939 bits per heavy atom. The maximum atomic E-state index is 12.9. The van der Waals surface area contributed by atoms with Gasteiger partial charge < -0.3 is 31.8 Å². The first-order valence-electron chi connectivity index (χ1n) is 10.9. The molecule has 0 saturated heterocycles. The molecule has 3 atom stereocenters. The first kappa shape index (κ1) is 25.9. The summed E-state index contributed by atoms with van der Waals surface area (Å²) in [7, 11) is 0. The molecule has 3 unspecified atom stereocenters. The predicted molar refractivity (Wildman–Crippen MR) is 124 cm³/mol. The average molecular weight is 460 g/mol. The number of carbonyl (C=O) groups is 4. The van der Waals surface area contributed by atoms with Crippen molar-refractivity contribution in [2.75, 3.05) is 6.54 Å². The van der Waals surface area contributed by atoms with Gasteiger partial charge in [-0.2, -0.15) is 0 Å². The Hall–Kier alpha value is -3.40. The number of aromatic nitrogens is 1. The molecule has 0 bridgehead atoms.